The van der Waals surface area contributed by atoms with E-state index in [2.05, 4.69) is 37.7 Å². The van der Waals surface area contributed by atoms with Gasteiger partial charge in [0.25, 0.3) is 0 Å². The Labute approximate surface area is 124 Å². The zero-order valence-electron chi connectivity index (χ0n) is 11.6. The molecule has 0 saturated carbocycles. The van der Waals surface area contributed by atoms with Gasteiger partial charge in [0, 0.05) is 29.2 Å². The molecule has 19 heavy (non-hydrogen) atoms. The van der Waals surface area contributed by atoms with Crippen molar-refractivity contribution >= 4 is 21.7 Å². The fourth-order valence-corrected chi connectivity index (χ4v) is 4.42. The maximum Gasteiger partial charge on any atom is 0.135 e. The van der Waals surface area contributed by atoms with Gasteiger partial charge in [0.05, 0.1) is 0 Å². The van der Waals surface area contributed by atoms with E-state index in [1.165, 1.54) is 42.8 Å². The highest BCUT2D eigenvalue weighted by atomic mass is 79.9. The Morgan fingerprint density at radius 1 is 1.26 bits per heavy atom. The molecule has 0 radical (unpaired) electrons. The number of hydrogen-bond acceptors (Lipinski definition) is 3. The van der Waals surface area contributed by atoms with E-state index < -0.39 is 0 Å². The highest BCUT2D eigenvalue weighted by Gasteiger charge is 2.33. The summed E-state index contributed by atoms with van der Waals surface area (Å²) in [6.07, 6.45) is 9.23. The van der Waals surface area contributed by atoms with Crippen LogP contribution in [0.2, 0.25) is 0 Å². The second-order valence-electron chi connectivity index (χ2n) is 5.86. The topological polar surface area (TPSA) is 29.0 Å². The van der Waals surface area contributed by atoms with Crippen molar-refractivity contribution in [1.29, 1.82) is 0 Å². The number of hydrogen-bond donors (Lipinski definition) is 0. The van der Waals surface area contributed by atoms with Crippen LogP contribution in [0.1, 0.15) is 43.9 Å². The van der Waals surface area contributed by atoms with Crippen LogP contribution in [0.4, 0.5) is 5.82 Å². The Balaban J connectivity index is 1.96. The Kier molecular flexibility index (Phi) is 4.06. The molecule has 1 aliphatic carbocycles. The predicted molar refractivity (Wildman–Crippen MR) is 82.0 cm³/mol. The first-order chi connectivity index (χ1) is 9.31. The normalized spacial score (nSPS) is 27.2. The molecule has 1 saturated heterocycles. The molecule has 4 heteroatoms. The molecule has 3 nitrogen and oxygen atoms in total. The molecule has 0 spiro atoms. The summed E-state index contributed by atoms with van der Waals surface area (Å²) in [7, 11) is 0. The lowest BCUT2D eigenvalue weighted by Gasteiger charge is -2.28. The highest BCUT2D eigenvalue weighted by molar-refractivity contribution is 9.09. The Morgan fingerprint density at radius 2 is 2.11 bits per heavy atom. The van der Waals surface area contributed by atoms with Crippen LogP contribution in [0.15, 0.2) is 6.33 Å². The molecule has 0 N–H and O–H groups in total. The Hall–Kier alpha value is -0.640. The lowest BCUT2D eigenvalue weighted by atomic mass is 10.0. The van der Waals surface area contributed by atoms with Crippen molar-refractivity contribution < 1.29 is 0 Å². The van der Waals surface area contributed by atoms with E-state index in [-0.39, 0.29) is 0 Å². The van der Waals surface area contributed by atoms with Gasteiger partial charge in [-0.1, -0.05) is 29.3 Å². The highest BCUT2D eigenvalue weighted by Crippen LogP contribution is 2.34. The zero-order chi connectivity index (χ0) is 13.2. The van der Waals surface area contributed by atoms with Crippen molar-refractivity contribution in [1.82, 2.24) is 9.97 Å². The lowest BCUT2D eigenvalue weighted by molar-refractivity contribution is 0.552. The number of alkyl halides is 1. The third kappa shape index (κ3) is 2.51. The minimum absolute atomic E-state index is 0.585. The molecule has 0 aromatic carbocycles. The van der Waals surface area contributed by atoms with Crippen molar-refractivity contribution in [3.05, 3.63) is 17.6 Å². The second-order valence-corrected chi connectivity index (χ2v) is 6.51. The summed E-state index contributed by atoms with van der Waals surface area (Å²) in [4.78, 5) is 11.7. The molecule has 104 valence electrons. The summed E-state index contributed by atoms with van der Waals surface area (Å²) in [5, 5.41) is 1.03. The number of fused-ring (bicyclic) bond motifs is 1. The van der Waals surface area contributed by atoms with Gasteiger partial charge in [-0.2, -0.15) is 0 Å². The summed E-state index contributed by atoms with van der Waals surface area (Å²) in [6.45, 7) is 3.49. The van der Waals surface area contributed by atoms with Crippen LogP contribution in [0.5, 0.6) is 0 Å². The van der Waals surface area contributed by atoms with Gasteiger partial charge in [-0.05, 0) is 38.0 Å². The molecule has 1 fully saturated rings. The number of rotatable bonds is 2. The maximum atomic E-state index is 4.64. The van der Waals surface area contributed by atoms with Crippen molar-refractivity contribution in [3.63, 3.8) is 0 Å². The van der Waals surface area contributed by atoms with Gasteiger partial charge in [-0.15, -0.1) is 0 Å². The Morgan fingerprint density at radius 3 is 2.95 bits per heavy atom. The summed E-state index contributed by atoms with van der Waals surface area (Å²) < 4.78 is 0. The van der Waals surface area contributed by atoms with Gasteiger partial charge in [-0.3, -0.25) is 0 Å². The molecule has 1 aromatic heterocycles. The molecule has 2 atom stereocenters. The summed E-state index contributed by atoms with van der Waals surface area (Å²) >= 11 is 3.68. The first-order valence-corrected chi connectivity index (χ1v) is 8.58. The van der Waals surface area contributed by atoms with Gasteiger partial charge in [-0.25, -0.2) is 9.97 Å². The van der Waals surface area contributed by atoms with Crippen LogP contribution in [0.25, 0.3) is 0 Å². The predicted octanol–water partition coefficient (Wildman–Crippen LogP) is 3.36. The van der Waals surface area contributed by atoms with Crippen molar-refractivity contribution in [3.8, 4) is 0 Å². The average Bonchev–Trinajstić information content (AvgIpc) is 2.64. The van der Waals surface area contributed by atoms with Crippen LogP contribution in [0, 0.1) is 5.92 Å². The number of halogens is 1. The standard InChI is InChI=1S/C15H22BrN3/c1-11-7-8-19(14(11)9-16)15-12-5-3-2-4-6-13(12)17-10-18-15/h10-11,14H,2-9H2,1H3. The largest absolute Gasteiger partial charge is 0.352 e. The molecule has 2 unspecified atom stereocenters. The van der Waals surface area contributed by atoms with E-state index in [0.717, 1.165) is 30.6 Å². The monoisotopic (exact) mass is 323 g/mol. The van der Waals surface area contributed by atoms with Gasteiger partial charge in [0.2, 0.25) is 0 Å². The summed E-state index contributed by atoms with van der Waals surface area (Å²) in [6, 6.07) is 0.585. The fraction of sp³-hybridized carbons (Fsp3) is 0.733. The SMILES string of the molecule is CC1CCN(c2ncnc3c2CCCCC3)C1CBr. The molecule has 2 heterocycles. The molecule has 0 bridgehead atoms. The van der Waals surface area contributed by atoms with Gasteiger partial charge < -0.3 is 4.90 Å². The van der Waals surface area contributed by atoms with Crippen LogP contribution < -0.4 is 4.90 Å². The average molecular weight is 324 g/mol. The number of aryl methyl sites for hydroxylation is 1. The van der Waals surface area contributed by atoms with Crippen molar-refractivity contribution in [2.75, 3.05) is 16.8 Å². The van der Waals surface area contributed by atoms with Gasteiger partial charge >= 0.3 is 0 Å². The quantitative estimate of drug-likeness (QED) is 0.617. The van der Waals surface area contributed by atoms with Crippen molar-refractivity contribution in [2.24, 2.45) is 5.92 Å². The number of anilines is 1. The minimum atomic E-state index is 0.585. The molecule has 0 amide bonds. The molecule has 2 aliphatic rings. The smallest absolute Gasteiger partial charge is 0.135 e. The molecular weight excluding hydrogens is 302 g/mol. The summed E-state index contributed by atoms with van der Waals surface area (Å²) in [5.74, 6) is 1.97. The minimum Gasteiger partial charge on any atom is -0.352 e. The Bertz CT molecular complexity index is 449. The first kappa shape index (κ1) is 13.3. The van der Waals surface area contributed by atoms with E-state index >= 15 is 0 Å². The number of nitrogens with zero attached hydrogens (tertiary/aromatic N) is 3. The lowest BCUT2D eigenvalue weighted by Crippen LogP contribution is -2.35. The van der Waals surface area contributed by atoms with Crippen molar-refractivity contribution in [2.45, 2.75) is 51.5 Å². The maximum absolute atomic E-state index is 4.64. The third-order valence-corrected chi connectivity index (χ3v) is 5.33. The molecule has 1 aliphatic heterocycles. The van der Waals surface area contributed by atoms with Crippen LogP contribution in [0.3, 0.4) is 0 Å². The molecule has 1 aromatic rings. The van der Waals surface area contributed by atoms with E-state index in [1.54, 1.807) is 6.33 Å². The van der Waals surface area contributed by atoms with Crippen LogP contribution in [-0.2, 0) is 12.8 Å². The second kappa shape index (κ2) is 5.78. The molecular formula is C15H22BrN3. The molecule has 3 rings (SSSR count). The van der Waals surface area contributed by atoms with Gasteiger partial charge in [0.1, 0.15) is 12.1 Å². The van der Waals surface area contributed by atoms with E-state index in [9.17, 15) is 0 Å². The van der Waals surface area contributed by atoms with Crippen LogP contribution >= 0.6 is 15.9 Å². The van der Waals surface area contributed by atoms with Crippen LogP contribution in [-0.4, -0.2) is 27.9 Å². The van der Waals surface area contributed by atoms with E-state index in [1.807, 2.05) is 0 Å². The third-order valence-electron chi connectivity index (χ3n) is 4.66. The fourth-order valence-electron chi connectivity index (χ4n) is 3.43. The summed E-state index contributed by atoms with van der Waals surface area (Å²) in [5.41, 5.74) is 2.73. The number of aromatic nitrogens is 2. The first-order valence-electron chi connectivity index (χ1n) is 7.46. The van der Waals surface area contributed by atoms with E-state index in [4.69, 9.17) is 0 Å². The zero-order valence-corrected chi connectivity index (χ0v) is 13.2. The van der Waals surface area contributed by atoms with E-state index in [0.29, 0.717) is 6.04 Å². The van der Waals surface area contributed by atoms with Gasteiger partial charge in [0.15, 0.2) is 0 Å².